The minimum absolute atomic E-state index is 0.181. The third-order valence-electron chi connectivity index (χ3n) is 5.22. The highest BCUT2D eigenvalue weighted by Crippen LogP contribution is 2.46. The first kappa shape index (κ1) is 16.4. The Morgan fingerprint density at radius 2 is 2.25 bits per heavy atom. The molecule has 0 N–H and O–H groups in total. The molecule has 0 radical (unpaired) electrons. The maximum absolute atomic E-state index is 12.5. The van der Waals surface area contributed by atoms with Crippen molar-refractivity contribution in [1.82, 2.24) is 9.88 Å². The van der Waals surface area contributed by atoms with Crippen LogP contribution in [0.15, 0.2) is 24.5 Å². The molecular weight excluding hydrogens is 324 g/mol. The summed E-state index contributed by atoms with van der Waals surface area (Å²) in [5.74, 6) is 1.55. The van der Waals surface area contributed by atoms with Crippen LogP contribution in [0.1, 0.15) is 24.8 Å². The molecule has 4 heterocycles. The molecule has 3 saturated heterocycles. The van der Waals surface area contributed by atoms with Crippen LogP contribution in [0.5, 0.6) is 0 Å². The van der Waals surface area contributed by atoms with E-state index in [4.69, 9.17) is 9.47 Å². The van der Waals surface area contributed by atoms with Gasteiger partial charge in [-0.25, -0.2) is 0 Å². The van der Waals surface area contributed by atoms with Crippen LogP contribution in [-0.4, -0.2) is 58.7 Å². The molecule has 0 saturated carbocycles. The predicted octanol–water partition coefficient (Wildman–Crippen LogP) is 2.11. The van der Waals surface area contributed by atoms with Gasteiger partial charge in [-0.1, -0.05) is 6.07 Å². The van der Waals surface area contributed by atoms with Crippen LogP contribution in [0.2, 0.25) is 0 Å². The highest BCUT2D eigenvalue weighted by atomic mass is 32.2. The van der Waals surface area contributed by atoms with Gasteiger partial charge in [-0.05, 0) is 30.9 Å². The van der Waals surface area contributed by atoms with Gasteiger partial charge in [0.25, 0.3) is 0 Å². The van der Waals surface area contributed by atoms with Crippen molar-refractivity contribution in [2.45, 2.75) is 36.7 Å². The lowest BCUT2D eigenvalue weighted by Crippen LogP contribution is -2.62. The monoisotopic (exact) mass is 348 g/mol. The molecule has 4 rings (SSSR count). The zero-order chi connectivity index (χ0) is 16.4. The molecule has 6 heteroatoms. The average Bonchev–Trinajstić information content (AvgIpc) is 3.04. The summed E-state index contributed by atoms with van der Waals surface area (Å²) in [5, 5.41) is 0. The molecule has 24 heavy (non-hydrogen) atoms. The number of pyridine rings is 1. The van der Waals surface area contributed by atoms with Crippen molar-refractivity contribution in [3.05, 3.63) is 30.1 Å². The van der Waals surface area contributed by atoms with Crippen LogP contribution < -0.4 is 0 Å². The molecule has 3 fully saturated rings. The van der Waals surface area contributed by atoms with Gasteiger partial charge in [0.2, 0.25) is 5.91 Å². The standard InChI is InChI=1S/C18H24N2O3S/c21-17(15-3-6-22-7-4-15)20-12-18(13-20)8-16(11-24-18)23-10-14-2-1-5-19-9-14/h1-2,5,9,15-16H,3-4,6-8,10-13H2/t16-/m1/s1. The smallest absolute Gasteiger partial charge is 0.225 e. The number of carbonyl (C=O) groups excluding carboxylic acids is 1. The van der Waals surface area contributed by atoms with Crippen molar-refractivity contribution < 1.29 is 14.3 Å². The lowest BCUT2D eigenvalue weighted by Gasteiger charge is -2.48. The number of thioether (sulfide) groups is 1. The molecule has 3 aliphatic heterocycles. The molecule has 1 atom stereocenters. The van der Waals surface area contributed by atoms with E-state index < -0.39 is 0 Å². The highest BCUT2D eigenvalue weighted by Gasteiger charge is 2.51. The normalized spacial score (nSPS) is 26.5. The first-order chi connectivity index (χ1) is 11.7. The number of aromatic nitrogens is 1. The van der Waals surface area contributed by atoms with Crippen LogP contribution in [0.3, 0.4) is 0 Å². The number of likely N-dealkylation sites (tertiary alicyclic amines) is 1. The van der Waals surface area contributed by atoms with E-state index in [1.54, 1.807) is 6.20 Å². The number of ether oxygens (including phenoxy) is 2. The lowest BCUT2D eigenvalue weighted by molar-refractivity contribution is -0.144. The fraction of sp³-hybridized carbons (Fsp3) is 0.667. The molecule has 0 aromatic carbocycles. The second kappa shape index (κ2) is 7.02. The summed E-state index contributed by atoms with van der Waals surface area (Å²) in [7, 11) is 0. The van der Waals surface area contributed by atoms with E-state index >= 15 is 0 Å². The summed E-state index contributed by atoms with van der Waals surface area (Å²) < 4.78 is 11.6. The van der Waals surface area contributed by atoms with Gasteiger partial charge in [-0.2, -0.15) is 0 Å². The van der Waals surface area contributed by atoms with Gasteiger partial charge in [0.15, 0.2) is 0 Å². The number of nitrogens with zero attached hydrogens (tertiary/aromatic N) is 2. The van der Waals surface area contributed by atoms with Crippen LogP contribution in [0, 0.1) is 5.92 Å². The van der Waals surface area contributed by atoms with E-state index in [0.29, 0.717) is 12.5 Å². The van der Waals surface area contributed by atoms with Gasteiger partial charge in [-0.15, -0.1) is 11.8 Å². The van der Waals surface area contributed by atoms with E-state index in [2.05, 4.69) is 4.98 Å². The van der Waals surface area contributed by atoms with Crippen molar-refractivity contribution in [1.29, 1.82) is 0 Å². The second-order valence-corrected chi connectivity index (χ2v) is 8.56. The Kier molecular flexibility index (Phi) is 4.79. The van der Waals surface area contributed by atoms with E-state index in [1.807, 2.05) is 35.0 Å². The molecule has 1 aromatic heterocycles. The van der Waals surface area contributed by atoms with E-state index in [0.717, 1.165) is 56.9 Å². The van der Waals surface area contributed by atoms with E-state index in [-0.39, 0.29) is 16.8 Å². The topological polar surface area (TPSA) is 51.7 Å². The largest absolute Gasteiger partial charge is 0.381 e. The van der Waals surface area contributed by atoms with Gasteiger partial charge in [-0.3, -0.25) is 9.78 Å². The zero-order valence-electron chi connectivity index (χ0n) is 13.9. The van der Waals surface area contributed by atoms with Gasteiger partial charge < -0.3 is 14.4 Å². The minimum atomic E-state index is 0.181. The Morgan fingerprint density at radius 3 is 3.00 bits per heavy atom. The van der Waals surface area contributed by atoms with Gasteiger partial charge in [0.1, 0.15) is 0 Å². The lowest BCUT2D eigenvalue weighted by atomic mass is 9.89. The van der Waals surface area contributed by atoms with Crippen molar-refractivity contribution in [3.63, 3.8) is 0 Å². The molecule has 0 bridgehead atoms. The molecule has 1 aromatic rings. The summed E-state index contributed by atoms with van der Waals surface area (Å²) in [6, 6.07) is 3.98. The van der Waals surface area contributed by atoms with Crippen molar-refractivity contribution in [3.8, 4) is 0 Å². The number of carbonyl (C=O) groups is 1. The number of hydrogen-bond donors (Lipinski definition) is 0. The third kappa shape index (κ3) is 3.46. The molecule has 3 aliphatic rings. The third-order valence-corrected chi connectivity index (χ3v) is 6.80. The summed E-state index contributed by atoms with van der Waals surface area (Å²) in [4.78, 5) is 18.7. The number of amides is 1. The molecule has 0 aliphatic carbocycles. The van der Waals surface area contributed by atoms with Crippen LogP contribution >= 0.6 is 11.8 Å². The molecule has 1 spiro atoms. The SMILES string of the molecule is O=C(C1CCOCC1)N1CC2(C[C@@H](OCc3cccnc3)CS2)C1. The highest BCUT2D eigenvalue weighted by molar-refractivity contribution is 8.01. The van der Waals surface area contributed by atoms with Gasteiger partial charge >= 0.3 is 0 Å². The predicted molar refractivity (Wildman–Crippen MR) is 92.7 cm³/mol. The quantitative estimate of drug-likeness (QED) is 0.834. The van der Waals surface area contributed by atoms with Gasteiger partial charge in [0, 0.05) is 50.4 Å². The molecule has 130 valence electrons. The van der Waals surface area contributed by atoms with Crippen molar-refractivity contribution >= 4 is 17.7 Å². The fourth-order valence-corrected chi connectivity index (χ4v) is 5.39. The first-order valence-corrected chi connectivity index (χ1v) is 9.74. The van der Waals surface area contributed by atoms with Crippen molar-refractivity contribution in [2.75, 3.05) is 32.1 Å². The van der Waals surface area contributed by atoms with Crippen molar-refractivity contribution in [2.24, 2.45) is 5.92 Å². The van der Waals surface area contributed by atoms with Crippen LogP contribution in [0.4, 0.5) is 0 Å². The van der Waals surface area contributed by atoms with E-state index in [1.165, 1.54) is 0 Å². The molecule has 0 unspecified atom stereocenters. The van der Waals surface area contributed by atoms with Crippen LogP contribution in [0.25, 0.3) is 0 Å². The van der Waals surface area contributed by atoms with E-state index in [9.17, 15) is 4.79 Å². The average molecular weight is 348 g/mol. The van der Waals surface area contributed by atoms with Gasteiger partial charge in [0.05, 0.1) is 17.5 Å². The summed E-state index contributed by atoms with van der Waals surface area (Å²) in [5.41, 5.74) is 1.12. The number of rotatable bonds is 4. The zero-order valence-corrected chi connectivity index (χ0v) is 14.7. The fourth-order valence-electron chi connectivity index (χ4n) is 3.84. The molecule has 1 amide bonds. The maximum Gasteiger partial charge on any atom is 0.225 e. The maximum atomic E-state index is 12.5. The minimum Gasteiger partial charge on any atom is -0.381 e. The second-order valence-electron chi connectivity index (χ2n) is 7.07. The van der Waals surface area contributed by atoms with Crippen LogP contribution in [-0.2, 0) is 20.9 Å². The molecular formula is C18H24N2O3S. The number of hydrogen-bond acceptors (Lipinski definition) is 5. The Labute approximate surface area is 147 Å². The Bertz CT molecular complexity index is 571. The first-order valence-electron chi connectivity index (χ1n) is 8.75. The summed E-state index contributed by atoms with van der Waals surface area (Å²) in [6.07, 6.45) is 6.74. The molecule has 5 nitrogen and oxygen atoms in total. The summed E-state index contributed by atoms with van der Waals surface area (Å²) >= 11 is 1.98. The summed E-state index contributed by atoms with van der Waals surface area (Å²) in [6.45, 7) is 3.86. The Morgan fingerprint density at radius 1 is 1.42 bits per heavy atom. The Hall–Kier alpha value is -1.11. The Balaban J connectivity index is 1.23.